The average molecular weight is 424 g/mol. The molecule has 5 nitrogen and oxygen atoms in total. The van der Waals surface area contributed by atoms with Crippen molar-refractivity contribution in [2.24, 2.45) is 0 Å². The second-order valence-electron chi connectivity index (χ2n) is 7.68. The lowest BCUT2D eigenvalue weighted by atomic mass is 9.78. The molecule has 0 spiro atoms. The van der Waals surface area contributed by atoms with E-state index in [0.29, 0.717) is 19.5 Å². The van der Waals surface area contributed by atoms with Crippen molar-refractivity contribution in [1.29, 1.82) is 0 Å². The minimum Gasteiger partial charge on any atom is -0.342 e. The molecule has 1 aromatic heterocycles. The van der Waals surface area contributed by atoms with Gasteiger partial charge in [0.05, 0.1) is 27.2 Å². The molecule has 0 bridgehead atoms. The number of aromatic nitrogens is 1. The summed E-state index contributed by atoms with van der Waals surface area (Å²) in [4.78, 5) is 34.3. The maximum Gasteiger partial charge on any atom is 0.242 e. The summed E-state index contributed by atoms with van der Waals surface area (Å²) < 4.78 is 1.11. The van der Waals surface area contributed by atoms with Crippen molar-refractivity contribution in [3.8, 4) is 0 Å². The van der Waals surface area contributed by atoms with E-state index in [1.165, 1.54) is 0 Å². The van der Waals surface area contributed by atoms with Crippen LogP contribution in [-0.2, 0) is 21.4 Å². The van der Waals surface area contributed by atoms with E-state index in [9.17, 15) is 9.59 Å². The molecular formula is C24H29N3O2S. The molecule has 158 valence electrons. The molecule has 30 heavy (non-hydrogen) atoms. The predicted molar refractivity (Wildman–Crippen MR) is 123 cm³/mol. The van der Waals surface area contributed by atoms with Gasteiger partial charge in [0.1, 0.15) is 0 Å². The van der Waals surface area contributed by atoms with E-state index in [2.05, 4.69) is 0 Å². The molecule has 0 aliphatic carbocycles. The number of likely N-dealkylation sites (N-methyl/N-ethyl adjacent to an activating group) is 2. The van der Waals surface area contributed by atoms with Crippen molar-refractivity contribution in [3.63, 3.8) is 0 Å². The summed E-state index contributed by atoms with van der Waals surface area (Å²) in [6.07, 6.45) is 0.485. The van der Waals surface area contributed by atoms with Gasteiger partial charge in [0.15, 0.2) is 0 Å². The number of fused-ring (bicyclic) bond motifs is 1. The Bertz CT molecular complexity index is 980. The van der Waals surface area contributed by atoms with Crippen molar-refractivity contribution in [2.75, 3.05) is 26.7 Å². The van der Waals surface area contributed by atoms with Crippen LogP contribution in [0.3, 0.4) is 0 Å². The highest BCUT2D eigenvalue weighted by molar-refractivity contribution is 7.18. The molecule has 0 saturated heterocycles. The van der Waals surface area contributed by atoms with Gasteiger partial charge in [-0.25, -0.2) is 4.98 Å². The number of carbonyl (C=O) groups excluding carboxylic acids is 2. The summed E-state index contributed by atoms with van der Waals surface area (Å²) in [5.41, 5.74) is 1.06. The minimum atomic E-state index is -0.812. The van der Waals surface area contributed by atoms with Crippen molar-refractivity contribution in [3.05, 3.63) is 65.2 Å². The summed E-state index contributed by atoms with van der Waals surface area (Å²) in [5.74, 6) is -0.111. The zero-order valence-electron chi connectivity index (χ0n) is 18.1. The van der Waals surface area contributed by atoms with Gasteiger partial charge in [-0.3, -0.25) is 9.59 Å². The van der Waals surface area contributed by atoms with E-state index < -0.39 is 5.41 Å². The van der Waals surface area contributed by atoms with Gasteiger partial charge in [-0.05, 0) is 38.5 Å². The maximum atomic E-state index is 13.7. The van der Waals surface area contributed by atoms with Crippen LogP contribution in [0.1, 0.15) is 31.3 Å². The van der Waals surface area contributed by atoms with Crippen LogP contribution in [0.2, 0.25) is 0 Å². The van der Waals surface area contributed by atoms with E-state index in [1.807, 2.05) is 75.4 Å². The number of hydrogen-bond acceptors (Lipinski definition) is 4. The number of hydrogen-bond donors (Lipinski definition) is 0. The van der Waals surface area contributed by atoms with E-state index in [1.54, 1.807) is 28.2 Å². The number of amides is 2. The Morgan fingerprint density at radius 1 is 1.00 bits per heavy atom. The SMILES string of the molecule is CCN(CC)C(=O)CN(C)C(=O)C(C)(Cc1nc2ccccc2s1)c1ccccc1. The highest BCUT2D eigenvalue weighted by Gasteiger charge is 2.39. The van der Waals surface area contributed by atoms with Gasteiger partial charge < -0.3 is 9.80 Å². The molecule has 1 atom stereocenters. The number of nitrogens with zero attached hydrogens (tertiary/aromatic N) is 3. The van der Waals surface area contributed by atoms with Crippen LogP contribution in [0.15, 0.2) is 54.6 Å². The zero-order chi connectivity index (χ0) is 21.7. The fourth-order valence-electron chi connectivity index (χ4n) is 3.78. The molecule has 1 heterocycles. The van der Waals surface area contributed by atoms with Crippen molar-refractivity contribution in [1.82, 2.24) is 14.8 Å². The fourth-order valence-corrected chi connectivity index (χ4v) is 4.90. The molecule has 1 unspecified atom stereocenters. The number of benzene rings is 2. The molecule has 3 aromatic rings. The number of rotatable bonds is 8. The van der Waals surface area contributed by atoms with Crippen molar-refractivity contribution in [2.45, 2.75) is 32.6 Å². The first-order chi connectivity index (χ1) is 14.4. The van der Waals surface area contributed by atoms with Crippen molar-refractivity contribution < 1.29 is 9.59 Å². The Morgan fingerprint density at radius 2 is 1.63 bits per heavy atom. The fraction of sp³-hybridized carbons (Fsp3) is 0.375. The molecule has 0 N–H and O–H groups in total. The summed E-state index contributed by atoms with van der Waals surface area (Å²) in [7, 11) is 1.71. The molecule has 2 amide bonds. The summed E-state index contributed by atoms with van der Waals surface area (Å²) in [6.45, 7) is 7.20. The second-order valence-corrected chi connectivity index (χ2v) is 8.79. The van der Waals surface area contributed by atoms with Gasteiger partial charge in [-0.1, -0.05) is 42.5 Å². The standard InChI is InChI=1S/C24H29N3O2S/c1-5-27(6-2)22(28)17-26(4)23(29)24(3,18-12-8-7-9-13-18)16-21-25-19-14-10-11-15-20(19)30-21/h7-15H,5-6,16-17H2,1-4H3. The van der Waals surface area contributed by atoms with Crippen LogP contribution < -0.4 is 0 Å². The third kappa shape index (κ3) is 4.54. The zero-order valence-corrected chi connectivity index (χ0v) is 18.9. The number of para-hydroxylation sites is 1. The Morgan fingerprint density at radius 3 is 2.27 bits per heavy atom. The Kier molecular flexibility index (Phi) is 6.87. The third-order valence-electron chi connectivity index (χ3n) is 5.56. The van der Waals surface area contributed by atoms with Gasteiger partial charge in [0.2, 0.25) is 11.8 Å². The number of thiazole rings is 1. The molecule has 0 fully saturated rings. The van der Waals surface area contributed by atoms with E-state index in [0.717, 1.165) is 20.8 Å². The lowest BCUT2D eigenvalue weighted by Crippen LogP contribution is -2.48. The van der Waals surface area contributed by atoms with Crippen molar-refractivity contribution >= 4 is 33.4 Å². The van der Waals surface area contributed by atoms with Crippen LogP contribution >= 0.6 is 11.3 Å². The Balaban J connectivity index is 1.91. The van der Waals surface area contributed by atoms with Gasteiger partial charge >= 0.3 is 0 Å². The van der Waals surface area contributed by atoms with Gasteiger partial charge in [-0.15, -0.1) is 11.3 Å². The highest BCUT2D eigenvalue weighted by atomic mass is 32.1. The van der Waals surface area contributed by atoms with Crippen LogP contribution in [0.5, 0.6) is 0 Å². The van der Waals surface area contributed by atoms with Crippen LogP contribution in [0.4, 0.5) is 0 Å². The first-order valence-electron chi connectivity index (χ1n) is 10.3. The van der Waals surface area contributed by atoms with E-state index in [4.69, 9.17) is 4.98 Å². The van der Waals surface area contributed by atoms with Crippen LogP contribution in [0, 0.1) is 0 Å². The van der Waals surface area contributed by atoms with Crippen LogP contribution in [0.25, 0.3) is 10.2 Å². The highest BCUT2D eigenvalue weighted by Crippen LogP contribution is 2.33. The molecule has 0 aliphatic heterocycles. The smallest absolute Gasteiger partial charge is 0.242 e. The topological polar surface area (TPSA) is 53.5 Å². The molecule has 0 saturated carbocycles. The lowest BCUT2D eigenvalue weighted by Gasteiger charge is -2.33. The lowest BCUT2D eigenvalue weighted by molar-refractivity contribution is -0.142. The van der Waals surface area contributed by atoms with Gasteiger partial charge in [0.25, 0.3) is 0 Å². The van der Waals surface area contributed by atoms with E-state index >= 15 is 0 Å². The molecule has 3 rings (SSSR count). The Labute approximate surface area is 182 Å². The summed E-state index contributed by atoms with van der Waals surface area (Å²) in [6, 6.07) is 17.8. The first kappa shape index (κ1) is 22.0. The quantitative estimate of drug-likeness (QED) is 0.548. The molecule has 6 heteroatoms. The largest absolute Gasteiger partial charge is 0.342 e. The molecule has 0 aliphatic rings. The van der Waals surface area contributed by atoms with E-state index in [-0.39, 0.29) is 18.4 Å². The molecular weight excluding hydrogens is 394 g/mol. The third-order valence-corrected chi connectivity index (χ3v) is 6.60. The second kappa shape index (κ2) is 9.39. The average Bonchev–Trinajstić information content (AvgIpc) is 3.16. The first-order valence-corrected chi connectivity index (χ1v) is 11.1. The van der Waals surface area contributed by atoms with Crippen LogP contribution in [-0.4, -0.2) is 53.3 Å². The Hall–Kier alpha value is -2.73. The normalized spacial score (nSPS) is 13.1. The molecule has 2 aromatic carbocycles. The monoisotopic (exact) mass is 423 g/mol. The molecule has 0 radical (unpaired) electrons. The van der Waals surface area contributed by atoms with Gasteiger partial charge in [-0.2, -0.15) is 0 Å². The minimum absolute atomic E-state index is 0.0359. The summed E-state index contributed by atoms with van der Waals surface area (Å²) >= 11 is 1.62. The number of carbonyl (C=O) groups is 2. The maximum absolute atomic E-state index is 13.7. The summed E-state index contributed by atoms with van der Waals surface area (Å²) in [5, 5.41) is 0.916. The predicted octanol–water partition coefficient (Wildman–Crippen LogP) is 4.12. The van der Waals surface area contributed by atoms with Gasteiger partial charge in [0, 0.05) is 26.6 Å².